The Morgan fingerprint density at radius 1 is 1.56 bits per heavy atom. The van der Waals surface area contributed by atoms with Gasteiger partial charge in [0.2, 0.25) is 0 Å². The predicted octanol–water partition coefficient (Wildman–Crippen LogP) is 2.75. The van der Waals surface area contributed by atoms with Crippen LogP contribution in [0.15, 0.2) is 24.3 Å². The van der Waals surface area contributed by atoms with Gasteiger partial charge in [-0.1, -0.05) is 26.2 Å². The van der Waals surface area contributed by atoms with Crippen molar-refractivity contribution in [3.63, 3.8) is 0 Å². The van der Waals surface area contributed by atoms with Gasteiger partial charge in [-0.15, -0.1) is 0 Å². The Kier molecular flexibility index (Phi) is 2.44. The summed E-state index contributed by atoms with van der Waals surface area (Å²) >= 11 is 0. The van der Waals surface area contributed by atoms with Crippen LogP contribution in [0.1, 0.15) is 25.3 Å². The van der Waals surface area contributed by atoms with E-state index in [0.29, 0.717) is 0 Å². The summed E-state index contributed by atoms with van der Waals surface area (Å²) in [4.78, 5) is 0. The minimum Gasteiger partial charge on any atom is -0.213 e. The van der Waals surface area contributed by atoms with E-state index in [-0.39, 0.29) is 0 Å². The summed E-state index contributed by atoms with van der Waals surface area (Å²) in [6.07, 6.45) is 3.87. The molecule has 0 nitrogen and oxygen atoms in total. The Morgan fingerprint density at radius 2 is 2.44 bits per heavy atom. The summed E-state index contributed by atoms with van der Waals surface area (Å²) in [5.74, 6) is 0. The molecular weight excluding hydrogens is 108 g/mol. The molecule has 0 aliphatic heterocycles. The molecule has 0 amide bonds. The molecule has 0 saturated heterocycles. The first-order chi connectivity index (χ1) is 4.43. The molecule has 0 aromatic heterocycles. The number of hydrogen-bond donors (Lipinski definition) is 0. The maximum atomic E-state index is 2.23. The van der Waals surface area contributed by atoms with E-state index < -0.39 is 0 Å². The Balaban J connectivity index is 2.30. The first-order valence-electron chi connectivity index (χ1n) is 3.64. The van der Waals surface area contributed by atoms with Crippen molar-refractivity contribution in [2.75, 3.05) is 0 Å². The summed E-state index contributed by atoms with van der Waals surface area (Å²) < 4.78 is 0. The molecule has 0 bridgehead atoms. The van der Waals surface area contributed by atoms with Gasteiger partial charge in [0.25, 0.3) is 0 Å². The molecule has 0 aliphatic rings. The van der Waals surface area contributed by atoms with Crippen molar-refractivity contribution in [1.82, 2.24) is 0 Å². The molecule has 9 heavy (non-hydrogen) atoms. The molecule has 0 spiro atoms. The number of aryl methyl sites for hydroxylation is 1. The molecule has 0 heteroatoms. The van der Waals surface area contributed by atoms with Gasteiger partial charge < -0.3 is 0 Å². The summed E-state index contributed by atoms with van der Waals surface area (Å²) in [7, 11) is 0. The van der Waals surface area contributed by atoms with E-state index in [1.165, 1.54) is 24.8 Å². The van der Waals surface area contributed by atoms with Gasteiger partial charge in [-0.05, 0) is 0 Å². The second-order valence-corrected chi connectivity index (χ2v) is 2.40. The smallest absolute Gasteiger partial charge is 0.0514 e. The fourth-order valence-corrected chi connectivity index (χ4v) is 0.961. The predicted molar refractivity (Wildman–Crippen MR) is 40.6 cm³/mol. The second-order valence-electron chi connectivity index (χ2n) is 2.40. The van der Waals surface area contributed by atoms with Crippen LogP contribution in [0.5, 0.6) is 0 Å². The average Bonchev–Trinajstić information content (AvgIpc) is 2.34. The van der Waals surface area contributed by atoms with Gasteiger partial charge >= 0.3 is 0 Å². The van der Waals surface area contributed by atoms with E-state index in [0.717, 1.165) is 0 Å². The van der Waals surface area contributed by atoms with Gasteiger partial charge in [0.15, 0.2) is 0 Å². The number of rotatable bonds is 3. The Morgan fingerprint density at radius 3 is 3.00 bits per heavy atom. The maximum absolute atomic E-state index is 2.23. The van der Waals surface area contributed by atoms with Crippen molar-refractivity contribution in [3.05, 3.63) is 29.8 Å². The average molecular weight is 121 g/mol. The van der Waals surface area contributed by atoms with Crippen LogP contribution in [0.2, 0.25) is 0 Å². The van der Waals surface area contributed by atoms with Crippen LogP contribution < -0.4 is 0 Å². The zero-order chi connectivity index (χ0) is 6.53. The summed E-state index contributed by atoms with van der Waals surface area (Å²) in [6, 6.07) is 8.58. The lowest BCUT2D eigenvalue weighted by molar-refractivity contribution is 0.797. The zero-order valence-corrected chi connectivity index (χ0v) is 5.93. The van der Waals surface area contributed by atoms with Crippen LogP contribution in [-0.2, 0) is 6.42 Å². The molecule has 0 atom stereocenters. The second kappa shape index (κ2) is 3.39. The minimum atomic E-state index is 1.25. The van der Waals surface area contributed by atoms with Gasteiger partial charge in [0, 0.05) is 0 Å². The number of hydrogen-bond acceptors (Lipinski definition) is 0. The first kappa shape index (κ1) is 6.47. The van der Waals surface area contributed by atoms with E-state index in [2.05, 4.69) is 31.2 Å². The third kappa shape index (κ3) is 1.96. The van der Waals surface area contributed by atoms with Crippen molar-refractivity contribution in [1.29, 1.82) is 0 Å². The van der Waals surface area contributed by atoms with Crippen molar-refractivity contribution in [2.24, 2.45) is 0 Å². The fraction of sp³-hybridized carbons (Fsp3) is 0.444. The molecule has 0 radical (unpaired) electrons. The van der Waals surface area contributed by atoms with Crippen molar-refractivity contribution < 1.29 is 0 Å². The van der Waals surface area contributed by atoms with Crippen LogP contribution in [0.3, 0.4) is 0 Å². The maximum Gasteiger partial charge on any atom is -0.0514 e. The molecule has 1 aromatic rings. The Labute approximate surface area is 56.9 Å². The van der Waals surface area contributed by atoms with Crippen LogP contribution >= 0.6 is 0 Å². The number of unbranched alkanes of at least 4 members (excludes halogenated alkanes) is 1. The molecule has 0 N–H and O–H groups in total. The molecule has 50 valence electrons. The third-order valence-electron chi connectivity index (χ3n) is 1.55. The summed E-state index contributed by atoms with van der Waals surface area (Å²) in [6.45, 7) is 2.23. The highest BCUT2D eigenvalue weighted by molar-refractivity contribution is 5.15. The molecule has 1 aromatic carbocycles. The molecular formula is C9H13-. The Hall–Kier alpha value is -0.650. The lowest BCUT2D eigenvalue weighted by Crippen LogP contribution is -1.77. The van der Waals surface area contributed by atoms with Gasteiger partial charge in [0.1, 0.15) is 0 Å². The van der Waals surface area contributed by atoms with E-state index in [9.17, 15) is 0 Å². The van der Waals surface area contributed by atoms with Crippen molar-refractivity contribution in [3.8, 4) is 0 Å². The van der Waals surface area contributed by atoms with E-state index in [1.54, 1.807) is 0 Å². The summed E-state index contributed by atoms with van der Waals surface area (Å²) in [5, 5.41) is 0. The quantitative estimate of drug-likeness (QED) is 0.539. The SMILES string of the molecule is CCCCc1ccc[cH-]1. The monoisotopic (exact) mass is 121 g/mol. The fourth-order valence-electron chi connectivity index (χ4n) is 0.961. The lowest BCUT2D eigenvalue weighted by atomic mass is 10.1. The van der Waals surface area contributed by atoms with Crippen LogP contribution in [0, 0.1) is 0 Å². The third-order valence-corrected chi connectivity index (χ3v) is 1.55. The van der Waals surface area contributed by atoms with Gasteiger partial charge in [0.05, 0.1) is 0 Å². The summed E-state index contributed by atoms with van der Waals surface area (Å²) in [5.41, 5.74) is 1.48. The highest BCUT2D eigenvalue weighted by atomic mass is 13.9. The minimum absolute atomic E-state index is 1.25. The molecule has 0 unspecified atom stereocenters. The molecule has 0 aliphatic carbocycles. The molecule has 0 fully saturated rings. The molecule has 1 rings (SSSR count). The zero-order valence-electron chi connectivity index (χ0n) is 5.93. The highest BCUT2D eigenvalue weighted by Crippen LogP contribution is 2.04. The normalized spacial score (nSPS) is 9.89. The van der Waals surface area contributed by atoms with Crippen LogP contribution in [0.25, 0.3) is 0 Å². The largest absolute Gasteiger partial charge is 0.213 e. The van der Waals surface area contributed by atoms with E-state index >= 15 is 0 Å². The Bertz CT molecular complexity index is 137. The topological polar surface area (TPSA) is 0 Å². The highest BCUT2D eigenvalue weighted by Gasteiger charge is 1.81. The van der Waals surface area contributed by atoms with E-state index in [4.69, 9.17) is 0 Å². The lowest BCUT2D eigenvalue weighted by Gasteiger charge is -1.97. The van der Waals surface area contributed by atoms with Crippen LogP contribution in [0.4, 0.5) is 0 Å². The first-order valence-corrected chi connectivity index (χ1v) is 3.64. The molecule has 0 saturated carbocycles. The van der Waals surface area contributed by atoms with Crippen LogP contribution in [-0.4, -0.2) is 0 Å². The van der Waals surface area contributed by atoms with Crippen molar-refractivity contribution >= 4 is 0 Å². The van der Waals surface area contributed by atoms with Gasteiger partial charge in [-0.25, -0.2) is 12.1 Å². The van der Waals surface area contributed by atoms with E-state index in [1.807, 2.05) is 0 Å². The van der Waals surface area contributed by atoms with Crippen molar-refractivity contribution in [2.45, 2.75) is 26.2 Å². The van der Waals surface area contributed by atoms with Gasteiger partial charge in [-0.2, -0.15) is 17.7 Å². The standard InChI is InChI=1S/C9H13/c1-2-3-6-9-7-4-5-8-9/h4-5,7-8H,2-3,6H2,1H3/q-1. The molecule has 0 heterocycles. The van der Waals surface area contributed by atoms with Gasteiger partial charge in [-0.3, -0.25) is 0 Å².